The van der Waals surface area contributed by atoms with Crippen LogP contribution in [0.4, 0.5) is 0 Å². The average molecular weight is 301 g/mol. The van der Waals surface area contributed by atoms with Gasteiger partial charge in [0.1, 0.15) is 0 Å². The number of aromatic nitrogens is 2. The van der Waals surface area contributed by atoms with E-state index >= 15 is 0 Å². The first-order valence-corrected chi connectivity index (χ1v) is 7.87. The van der Waals surface area contributed by atoms with Gasteiger partial charge in [-0.1, -0.05) is 24.3 Å². The first kappa shape index (κ1) is 13.8. The van der Waals surface area contributed by atoms with Crippen molar-refractivity contribution in [2.45, 2.75) is 20.4 Å². The zero-order valence-corrected chi connectivity index (χ0v) is 13.4. The minimum Gasteiger partial charge on any atom is -0.387 e. The summed E-state index contributed by atoms with van der Waals surface area (Å²) in [7, 11) is 0. The fraction of sp³-hybridized carbons (Fsp3) is 0.150. The Bertz CT molecular complexity index is 927. The number of benzene rings is 1. The zero-order chi connectivity index (χ0) is 15.8. The van der Waals surface area contributed by atoms with E-state index in [-0.39, 0.29) is 0 Å². The van der Waals surface area contributed by atoms with Crippen LogP contribution in [-0.4, -0.2) is 9.55 Å². The maximum absolute atomic E-state index is 4.41. The van der Waals surface area contributed by atoms with Gasteiger partial charge in [0.25, 0.3) is 0 Å². The fourth-order valence-electron chi connectivity index (χ4n) is 3.13. The summed E-state index contributed by atoms with van der Waals surface area (Å²) in [6, 6.07) is 12.8. The van der Waals surface area contributed by atoms with Gasteiger partial charge in [0, 0.05) is 35.6 Å². The average Bonchev–Trinajstić information content (AvgIpc) is 2.90. The van der Waals surface area contributed by atoms with Crippen LogP contribution in [0.2, 0.25) is 0 Å². The Morgan fingerprint density at radius 3 is 2.91 bits per heavy atom. The number of fused-ring (bicyclic) bond motifs is 3. The lowest BCUT2D eigenvalue weighted by Crippen LogP contribution is -2.10. The molecule has 1 aliphatic rings. The number of pyridine rings is 1. The molecule has 3 heterocycles. The lowest BCUT2D eigenvalue weighted by molar-refractivity contribution is 0.859. The molecular weight excluding hydrogens is 282 g/mol. The van der Waals surface area contributed by atoms with E-state index in [0.29, 0.717) is 0 Å². The molecule has 2 aromatic heterocycles. The monoisotopic (exact) mass is 301 g/mol. The molecule has 0 amide bonds. The van der Waals surface area contributed by atoms with Crippen LogP contribution in [-0.2, 0) is 6.54 Å². The van der Waals surface area contributed by atoms with Gasteiger partial charge in [-0.2, -0.15) is 0 Å². The van der Waals surface area contributed by atoms with Crippen molar-refractivity contribution >= 4 is 28.8 Å². The fourth-order valence-corrected chi connectivity index (χ4v) is 3.13. The first-order valence-electron chi connectivity index (χ1n) is 7.87. The molecule has 0 saturated carbocycles. The summed E-state index contributed by atoms with van der Waals surface area (Å²) in [5.74, 6) is 0. The standard InChI is InChI=1S/C20H19N3/c1-14(16-8-7-15(2)22-11-16)13-23-19-6-4-3-5-17(19)18-12-21-10-9-20(18)23/h3-11,13,21H,12H2,1-2H3. The van der Waals surface area contributed by atoms with Crippen molar-refractivity contribution in [3.05, 3.63) is 71.3 Å². The Labute approximate surface area is 136 Å². The van der Waals surface area contributed by atoms with E-state index in [1.165, 1.54) is 27.7 Å². The maximum atomic E-state index is 4.41. The summed E-state index contributed by atoms with van der Waals surface area (Å²) in [6.07, 6.45) is 8.32. The number of para-hydroxylation sites is 1. The molecule has 23 heavy (non-hydrogen) atoms. The van der Waals surface area contributed by atoms with E-state index in [0.717, 1.165) is 17.8 Å². The molecule has 0 radical (unpaired) electrons. The molecule has 0 unspecified atom stereocenters. The normalized spacial score (nSPS) is 13.9. The summed E-state index contributed by atoms with van der Waals surface area (Å²) in [6.45, 7) is 5.02. The van der Waals surface area contributed by atoms with Crippen LogP contribution in [0.5, 0.6) is 0 Å². The smallest absolute Gasteiger partial charge is 0.0532 e. The molecule has 3 heteroatoms. The topological polar surface area (TPSA) is 29.9 Å². The highest BCUT2D eigenvalue weighted by atomic mass is 15.0. The third-order valence-corrected chi connectivity index (χ3v) is 4.38. The molecule has 0 fully saturated rings. The predicted octanol–water partition coefficient (Wildman–Crippen LogP) is 4.44. The molecule has 0 aliphatic carbocycles. The van der Waals surface area contributed by atoms with Crippen molar-refractivity contribution in [2.75, 3.05) is 0 Å². The molecule has 0 saturated heterocycles. The van der Waals surface area contributed by atoms with Crippen LogP contribution in [0.25, 0.3) is 28.8 Å². The van der Waals surface area contributed by atoms with Crippen molar-refractivity contribution in [3.8, 4) is 0 Å². The second kappa shape index (κ2) is 5.43. The first-order chi connectivity index (χ1) is 11.2. The Morgan fingerprint density at radius 2 is 2.09 bits per heavy atom. The molecule has 1 aromatic carbocycles. The number of aryl methyl sites for hydroxylation is 1. The van der Waals surface area contributed by atoms with Crippen LogP contribution in [0.3, 0.4) is 0 Å². The van der Waals surface area contributed by atoms with Gasteiger partial charge in [0.2, 0.25) is 0 Å². The SMILES string of the molecule is CC(=Cn1c2c(c3ccccc31)CNC=C2)c1ccc(C)nc1. The minimum absolute atomic E-state index is 0.873. The molecule has 4 rings (SSSR count). The van der Waals surface area contributed by atoms with Gasteiger partial charge in [0.15, 0.2) is 0 Å². The van der Waals surface area contributed by atoms with Crippen molar-refractivity contribution in [3.63, 3.8) is 0 Å². The molecule has 0 atom stereocenters. The van der Waals surface area contributed by atoms with E-state index in [4.69, 9.17) is 0 Å². The van der Waals surface area contributed by atoms with Crippen molar-refractivity contribution < 1.29 is 0 Å². The van der Waals surface area contributed by atoms with Crippen LogP contribution >= 0.6 is 0 Å². The third kappa shape index (κ3) is 2.34. The van der Waals surface area contributed by atoms with E-state index < -0.39 is 0 Å². The Hall–Kier alpha value is -2.81. The van der Waals surface area contributed by atoms with Gasteiger partial charge in [-0.15, -0.1) is 0 Å². The van der Waals surface area contributed by atoms with Gasteiger partial charge in [-0.3, -0.25) is 4.98 Å². The quantitative estimate of drug-likeness (QED) is 0.758. The summed E-state index contributed by atoms with van der Waals surface area (Å²) < 4.78 is 2.29. The Balaban J connectivity index is 1.90. The summed E-state index contributed by atoms with van der Waals surface area (Å²) in [5.41, 5.74) is 7.25. The van der Waals surface area contributed by atoms with Crippen LogP contribution < -0.4 is 5.32 Å². The van der Waals surface area contributed by atoms with Crippen molar-refractivity contribution in [1.29, 1.82) is 0 Å². The predicted molar refractivity (Wildman–Crippen MR) is 96.6 cm³/mol. The van der Waals surface area contributed by atoms with Gasteiger partial charge in [-0.25, -0.2) is 0 Å². The Kier molecular flexibility index (Phi) is 3.27. The van der Waals surface area contributed by atoms with E-state index in [2.05, 4.69) is 70.5 Å². The summed E-state index contributed by atoms with van der Waals surface area (Å²) in [4.78, 5) is 4.41. The van der Waals surface area contributed by atoms with Crippen LogP contribution in [0, 0.1) is 6.92 Å². The maximum Gasteiger partial charge on any atom is 0.0532 e. The molecule has 0 bridgehead atoms. The number of hydrogen-bond acceptors (Lipinski definition) is 2. The van der Waals surface area contributed by atoms with Gasteiger partial charge in [0.05, 0.1) is 11.2 Å². The summed E-state index contributed by atoms with van der Waals surface area (Å²) >= 11 is 0. The number of hydrogen-bond donors (Lipinski definition) is 1. The third-order valence-electron chi connectivity index (χ3n) is 4.38. The molecule has 0 spiro atoms. The number of nitrogens with one attached hydrogen (secondary N) is 1. The number of nitrogens with zero attached hydrogens (tertiary/aromatic N) is 2. The molecule has 114 valence electrons. The highest BCUT2D eigenvalue weighted by Gasteiger charge is 2.15. The van der Waals surface area contributed by atoms with Crippen LogP contribution in [0.1, 0.15) is 29.4 Å². The van der Waals surface area contributed by atoms with Crippen LogP contribution in [0.15, 0.2) is 48.8 Å². The lowest BCUT2D eigenvalue weighted by Gasteiger charge is -2.11. The van der Waals surface area contributed by atoms with E-state index in [9.17, 15) is 0 Å². The molecular formula is C20H19N3. The van der Waals surface area contributed by atoms with Gasteiger partial charge >= 0.3 is 0 Å². The highest BCUT2D eigenvalue weighted by Crippen LogP contribution is 2.30. The van der Waals surface area contributed by atoms with Gasteiger partial charge in [-0.05, 0) is 49.4 Å². The number of allylic oxidation sites excluding steroid dienone is 1. The zero-order valence-electron chi connectivity index (χ0n) is 13.4. The highest BCUT2D eigenvalue weighted by molar-refractivity contribution is 5.92. The molecule has 1 aliphatic heterocycles. The lowest BCUT2D eigenvalue weighted by atomic mass is 10.1. The number of rotatable bonds is 2. The summed E-state index contributed by atoms with van der Waals surface area (Å²) in [5, 5.41) is 4.62. The van der Waals surface area contributed by atoms with Crippen molar-refractivity contribution in [1.82, 2.24) is 14.9 Å². The second-order valence-electron chi connectivity index (χ2n) is 5.97. The van der Waals surface area contributed by atoms with E-state index in [1.54, 1.807) is 0 Å². The Morgan fingerprint density at radius 1 is 1.22 bits per heavy atom. The van der Waals surface area contributed by atoms with E-state index in [1.807, 2.05) is 19.3 Å². The van der Waals surface area contributed by atoms with Crippen molar-refractivity contribution in [2.24, 2.45) is 0 Å². The molecule has 3 aromatic rings. The van der Waals surface area contributed by atoms with Gasteiger partial charge < -0.3 is 9.88 Å². The minimum atomic E-state index is 0.873. The molecule has 3 nitrogen and oxygen atoms in total. The second-order valence-corrected chi connectivity index (χ2v) is 5.97. The largest absolute Gasteiger partial charge is 0.387 e. The molecule has 1 N–H and O–H groups in total.